The van der Waals surface area contributed by atoms with Crippen LogP contribution in [0.5, 0.6) is 0 Å². The van der Waals surface area contributed by atoms with E-state index < -0.39 is 0 Å². The summed E-state index contributed by atoms with van der Waals surface area (Å²) in [5.41, 5.74) is 5.98. The zero-order chi connectivity index (χ0) is 14.7. The summed E-state index contributed by atoms with van der Waals surface area (Å²) in [6.45, 7) is 2.44. The van der Waals surface area contributed by atoms with Crippen LogP contribution in [0.2, 0.25) is 0 Å². The van der Waals surface area contributed by atoms with Gasteiger partial charge in [-0.15, -0.1) is 0 Å². The molecule has 3 rings (SSSR count). The fourth-order valence-electron chi connectivity index (χ4n) is 2.92. The first-order chi connectivity index (χ1) is 10.3. The Hall–Kier alpha value is -2.17. The summed E-state index contributed by atoms with van der Waals surface area (Å²) < 4.78 is 0. The normalized spacial score (nSPS) is 15.5. The van der Waals surface area contributed by atoms with Crippen molar-refractivity contribution in [2.45, 2.75) is 19.0 Å². The molecule has 0 bridgehead atoms. The Balaban J connectivity index is 1.76. The molecule has 0 aliphatic carbocycles. The SMILES string of the molecule is NNC(=O)C(CN1Cc2ccccc2C1)c1ccccc1. The molecule has 4 heteroatoms. The van der Waals surface area contributed by atoms with E-state index in [9.17, 15) is 4.79 Å². The summed E-state index contributed by atoms with van der Waals surface area (Å²) in [4.78, 5) is 14.4. The molecule has 2 aromatic rings. The maximum absolute atomic E-state index is 12.1. The third kappa shape index (κ3) is 2.96. The molecule has 1 heterocycles. The zero-order valence-electron chi connectivity index (χ0n) is 11.8. The van der Waals surface area contributed by atoms with Crippen molar-refractivity contribution in [2.75, 3.05) is 6.54 Å². The van der Waals surface area contributed by atoms with Gasteiger partial charge in [0.05, 0.1) is 5.92 Å². The van der Waals surface area contributed by atoms with Crippen molar-refractivity contribution in [3.63, 3.8) is 0 Å². The van der Waals surface area contributed by atoms with E-state index >= 15 is 0 Å². The molecule has 2 aromatic carbocycles. The first-order valence-corrected chi connectivity index (χ1v) is 7.12. The number of nitrogens with two attached hydrogens (primary N) is 1. The molecule has 1 amide bonds. The standard InChI is InChI=1S/C17H19N3O/c18-19-17(21)16(13-6-2-1-3-7-13)12-20-10-14-8-4-5-9-15(14)11-20/h1-9,16H,10-12,18H2,(H,19,21). The van der Waals surface area contributed by atoms with Gasteiger partial charge in [0.2, 0.25) is 5.91 Å². The average Bonchev–Trinajstić information content (AvgIpc) is 2.95. The molecule has 4 nitrogen and oxygen atoms in total. The first kappa shape index (κ1) is 13.8. The number of hydrazine groups is 1. The molecule has 1 unspecified atom stereocenters. The molecule has 108 valence electrons. The topological polar surface area (TPSA) is 58.4 Å². The molecule has 1 aliphatic heterocycles. The van der Waals surface area contributed by atoms with Crippen molar-refractivity contribution in [1.29, 1.82) is 0 Å². The Morgan fingerprint density at radius 1 is 1.05 bits per heavy atom. The van der Waals surface area contributed by atoms with Crippen LogP contribution < -0.4 is 11.3 Å². The van der Waals surface area contributed by atoms with Gasteiger partial charge < -0.3 is 0 Å². The van der Waals surface area contributed by atoms with Crippen molar-refractivity contribution in [2.24, 2.45) is 5.84 Å². The number of fused-ring (bicyclic) bond motifs is 1. The Labute approximate surface area is 124 Å². The van der Waals surface area contributed by atoms with Crippen LogP contribution in [0.25, 0.3) is 0 Å². The second-order valence-corrected chi connectivity index (χ2v) is 5.41. The summed E-state index contributed by atoms with van der Waals surface area (Å²) in [7, 11) is 0. The van der Waals surface area contributed by atoms with Crippen LogP contribution in [0, 0.1) is 0 Å². The average molecular weight is 281 g/mol. The molecule has 0 saturated carbocycles. The van der Waals surface area contributed by atoms with Gasteiger partial charge in [0, 0.05) is 19.6 Å². The van der Waals surface area contributed by atoms with Crippen molar-refractivity contribution >= 4 is 5.91 Å². The number of carbonyl (C=O) groups is 1. The number of nitrogens with one attached hydrogen (secondary N) is 1. The molecule has 0 fully saturated rings. The summed E-state index contributed by atoms with van der Waals surface area (Å²) in [5, 5.41) is 0. The highest BCUT2D eigenvalue weighted by Gasteiger charge is 2.26. The molecule has 0 saturated heterocycles. The summed E-state index contributed by atoms with van der Waals surface area (Å²) in [5.74, 6) is 4.96. The first-order valence-electron chi connectivity index (χ1n) is 7.12. The highest BCUT2D eigenvalue weighted by Crippen LogP contribution is 2.26. The lowest BCUT2D eigenvalue weighted by molar-refractivity contribution is -0.123. The summed E-state index contributed by atoms with van der Waals surface area (Å²) >= 11 is 0. The fourth-order valence-corrected chi connectivity index (χ4v) is 2.92. The van der Waals surface area contributed by atoms with E-state index in [0.717, 1.165) is 18.7 Å². The molecule has 0 aromatic heterocycles. The molecule has 3 N–H and O–H groups in total. The van der Waals surface area contributed by atoms with Crippen LogP contribution in [-0.2, 0) is 17.9 Å². The van der Waals surface area contributed by atoms with E-state index in [1.165, 1.54) is 11.1 Å². The monoisotopic (exact) mass is 281 g/mol. The lowest BCUT2D eigenvalue weighted by Crippen LogP contribution is -2.39. The van der Waals surface area contributed by atoms with Gasteiger partial charge in [-0.3, -0.25) is 15.1 Å². The van der Waals surface area contributed by atoms with Gasteiger partial charge in [-0.25, -0.2) is 5.84 Å². The molecule has 1 aliphatic rings. The maximum Gasteiger partial charge on any atom is 0.242 e. The lowest BCUT2D eigenvalue weighted by atomic mass is 9.98. The van der Waals surface area contributed by atoms with Crippen LogP contribution in [-0.4, -0.2) is 17.4 Å². The minimum atomic E-state index is -0.245. The number of rotatable bonds is 4. The minimum absolute atomic E-state index is 0.142. The van der Waals surface area contributed by atoms with Crippen molar-refractivity contribution < 1.29 is 4.79 Å². The maximum atomic E-state index is 12.1. The quantitative estimate of drug-likeness (QED) is 0.510. The van der Waals surface area contributed by atoms with Crippen molar-refractivity contribution in [1.82, 2.24) is 10.3 Å². The highest BCUT2D eigenvalue weighted by atomic mass is 16.2. The summed E-state index contributed by atoms with van der Waals surface area (Å²) in [6.07, 6.45) is 0. The van der Waals surface area contributed by atoms with E-state index in [4.69, 9.17) is 5.84 Å². The van der Waals surface area contributed by atoms with Gasteiger partial charge in [0.1, 0.15) is 0 Å². The van der Waals surface area contributed by atoms with Gasteiger partial charge in [0.15, 0.2) is 0 Å². The van der Waals surface area contributed by atoms with Crippen LogP contribution >= 0.6 is 0 Å². The number of hydrogen-bond acceptors (Lipinski definition) is 3. The molecule has 1 atom stereocenters. The van der Waals surface area contributed by atoms with Crippen molar-refractivity contribution in [3.05, 3.63) is 71.3 Å². The third-order valence-electron chi connectivity index (χ3n) is 4.01. The third-order valence-corrected chi connectivity index (χ3v) is 4.01. The fraction of sp³-hybridized carbons (Fsp3) is 0.235. The largest absolute Gasteiger partial charge is 0.294 e. The van der Waals surface area contributed by atoms with E-state index in [1.54, 1.807) is 0 Å². The summed E-state index contributed by atoms with van der Waals surface area (Å²) in [6, 6.07) is 18.2. The molecule has 21 heavy (non-hydrogen) atoms. The number of nitrogens with zero attached hydrogens (tertiary/aromatic N) is 1. The second-order valence-electron chi connectivity index (χ2n) is 5.41. The number of amides is 1. The van der Waals surface area contributed by atoms with Gasteiger partial charge >= 0.3 is 0 Å². The lowest BCUT2D eigenvalue weighted by Gasteiger charge is -2.22. The Bertz CT molecular complexity index is 602. The van der Waals surface area contributed by atoms with E-state index in [-0.39, 0.29) is 11.8 Å². The highest BCUT2D eigenvalue weighted by molar-refractivity contribution is 5.83. The van der Waals surface area contributed by atoms with Gasteiger partial charge in [-0.1, -0.05) is 54.6 Å². The van der Waals surface area contributed by atoms with Crippen molar-refractivity contribution in [3.8, 4) is 0 Å². The predicted octanol–water partition coefficient (Wildman–Crippen LogP) is 1.78. The van der Waals surface area contributed by atoms with Gasteiger partial charge in [-0.2, -0.15) is 0 Å². The molecular weight excluding hydrogens is 262 g/mol. The Morgan fingerprint density at radius 2 is 1.62 bits per heavy atom. The zero-order valence-corrected chi connectivity index (χ0v) is 11.8. The van der Waals surface area contributed by atoms with Crippen LogP contribution in [0.15, 0.2) is 54.6 Å². The van der Waals surface area contributed by atoms with Crippen LogP contribution in [0.4, 0.5) is 0 Å². The second kappa shape index (κ2) is 6.08. The van der Waals surface area contributed by atoms with E-state index in [1.807, 2.05) is 30.3 Å². The molecule has 0 spiro atoms. The number of benzene rings is 2. The Kier molecular flexibility index (Phi) is 3.99. The van der Waals surface area contributed by atoms with Gasteiger partial charge in [-0.05, 0) is 16.7 Å². The molecular formula is C17H19N3O. The predicted molar refractivity (Wildman–Crippen MR) is 82.1 cm³/mol. The Morgan fingerprint density at radius 3 is 2.19 bits per heavy atom. The van der Waals surface area contributed by atoms with Crippen LogP contribution in [0.1, 0.15) is 22.6 Å². The minimum Gasteiger partial charge on any atom is -0.294 e. The van der Waals surface area contributed by atoms with E-state index in [0.29, 0.717) is 6.54 Å². The van der Waals surface area contributed by atoms with Gasteiger partial charge in [0.25, 0.3) is 0 Å². The number of carbonyl (C=O) groups excluding carboxylic acids is 1. The van der Waals surface area contributed by atoms with Crippen LogP contribution in [0.3, 0.4) is 0 Å². The molecule has 0 radical (unpaired) electrons. The smallest absolute Gasteiger partial charge is 0.242 e. The number of hydrogen-bond donors (Lipinski definition) is 2. The van der Waals surface area contributed by atoms with E-state index in [2.05, 4.69) is 34.6 Å².